The van der Waals surface area contributed by atoms with Gasteiger partial charge in [-0.25, -0.2) is 4.98 Å². The second-order valence-corrected chi connectivity index (χ2v) is 10.4. The number of benzene rings is 1. The molecule has 202 valence electrons. The average molecular weight is 535 g/mol. The Morgan fingerprint density at radius 2 is 2.00 bits per heavy atom. The molecule has 4 N–H and O–H groups in total. The number of nitrogens with one attached hydrogen (secondary N) is 2. The van der Waals surface area contributed by atoms with E-state index in [0.717, 1.165) is 28.9 Å². The number of fused-ring (bicyclic) bond motifs is 1. The van der Waals surface area contributed by atoms with E-state index in [1.165, 1.54) is 32.1 Å². The van der Waals surface area contributed by atoms with Crippen LogP contribution in [0.15, 0.2) is 59.0 Å². The summed E-state index contributed by atoms with van der Waals surface area (Å²) in [5.41, 5.74) is 9.40. The van der Waals surface area contributed by atoms with E-state index < -0.39 is 0 Å². The first-order valence-corrected chi connectivity index (χ1v) is 13.6. The van der Waals surface area contributed by atoms with Crippen molar-refractivity contribution in [3.63, 3.8) is 0 Å². The summed E-state index contributed by atoms with van der Waals surface area (Å²) in [5, 5.41) is 4.35. The van der Waals surface area contributed by atoms with E-state index >= 15 is 0 Å². The number of halogens is 1. The molecule has 0 amide bonds. The lowest BCUT2D eigenvalue weighted by molar-refractivity contribution is 0.441. The van der Waals surface area contributed by atoms with Crippen LogP contribution in [-0.2, 0) is 0 Å². The number of hydrogen-bond acceptors (Lipinski definition) is 6. The molecule has 1 aliphatic carbocycles. The number of nitrogens with zero attached hydrogens (tertiary/aromatic N) is 3. The molecule has 2 heterocycles. The Morgan fingerprint density at radius 1 is 1.26 bits per heavy atom. The zero-order chi connectivity index (χ0) is 27.7. The van der Waals surface area contributed by atoms with Crippen LogP contribution in [0.5, 0.6) is 0 Å². The van der Waals surface area contributed by atoms with Crippen molar-refractivity contribution < 1.29 is 0 Å². The van der Waals surface area contributed by atoms with Crippen molar-refractivity contribution in [2.75, 3.05) is 11.9 Å². The Morgan fingerprint density at radius 3 is 2.58 bits per heavy atom. The highest BCUT2D eigenvalue weighted by Crippen LogP contribution is 2.30. The lowest BCUT2D eigenvalue weighted by Gasteiger charge is -2.15. The van der Waals surface area contributed by atoms with E-state index in [1.54, 1.807) is 18.3 Å². The van der Waals surface area contributed by atoms with Gasteiger partial charge in [0.05, 0.1) is 5.70 Å². The summed E-state index contributed by atoms with van der Waals surface area (Å²) >= 11 is 6.56. The predicted octanol–water partition coefficient (Wildman–Crippen LogP) is 6.99. The third kappa shape index (κ3) is 8.10. The van der Waals surface area contributed by atoms with E-state index in [1.807, 2.05) is 38.1 Å². The lowest BCUT2D eigenvalue weighted by atomic mass is 9.97. The van der Waals surface area contributed by atoms with Gasteiger partial charge in [-0.15, -0.1) is 0 Å². The molecule has 38 heavy (non-hydrogen) atoms. The fraction of sp³-hybridized carbons (Fsp3) is 0.400. The molecule has 2 aromatic heterocycles. The molecule has 7 nitrogen and oxygen atoms in total. The fourth-order valence-corrected chi connectivity index (χ4v) is 4.41. The second kappa shape index (κ2) is 14.0. The summed E-state index contributed by atoms with van der Waals surface area (Å²) in [5.74, 6) is 0.946. The minimum atomic E-state index is -0.262. The number of aromatic nitrogens is 3. The SMILES string of the molecule is C=CC(C)=N/C(=C\C)c1ccc(-c2cc3cnc(NCC(C)C)nc3[nH]c2=O)c(Cl)c1.NC1CCCCC1. The van der Waals surface area contributed by atoms with Crippen LogP contribution in [0.1, 0.15) is 65.4 Å². The first-order chi connectivity index (χ1) is 18.2. The molecule has 0 bridgehead atoms. The largest absolute Gasteiger partial charge is 0.354 e. The summed E-state index contributed by atoms with van der Waals surface area (Å²) in [6.07, 6.45) is 12.0. The predicted molar refractivity (Wildman–Crippen MR) is 162 cm³/mol. The van der Waals surface area contributed by atoms with Gasteiger partial charge in [-0.05, 0) is 50.8 Å². The quantitative estimate of drug-likeness (QED) is 0.283. The Balaban J connectivity index is 0.000000494. The zero-order valence-electron chi connectivity index (χ0n) is 22.9. The maximum absolute atomic E-state index is 12.8. The van der Waals surface area contributed by atoms with Crippen LogP contribution in [0.4, 0.5) is 5.95 Å². The lowest BCUT2D eigenvalue weighted by Crippen LogP contribution is -2.22. The second-order valence-electron chi connectivity index (χ2n) is 10.0. The molecular formula is C30H39ClN6O. The van der Waals surface area contributed by atoms with E-state index in [9.17, 15) is 4.79 Å². The number of hydrogen-bond donors (Lipinski definition) is 3. The maximum Gasteiger partial charge on any atom is 0.257 e. The van der Waals surface area contributed by atoms with Crippen molar-refractivity contribution in [3.05, 3.63) is 70.1 Å². The van der Waals surface area contributed by atoms with Gasteiger partial charge in [0.25, 0.3) is 5.56 Å². The summed E-state index contributed by atoms with van der Waals surface area (Å²) < 4.78 is 0. The first-order valence-electron chi connectivity index (χ1n) is 13.3. The molecule has 0 aliphatic heterocycles. The van der Waals surface area contributed by atoms with Crippen molar-refractivity contribution >= 4 is 40.0 Å². The topological polar surface area (TPSA) is 109 Å². The molecule has 0 spiro atoms. The number of nitrogens with two attached hydrogens (primary N) is 1. The average Bonchev–Trinajstić information content (AvgIpc) is 2.90. The fourth-order valence-electron chi connectivity index (χ4n) is 4.13. The van der Waals surface area contributed by atoms with Crippen molar-refractivity contribution in [2.24, 2.45) is 16.6 Å². The van der Waals surface area contributed by atoms with Crippen LogP contribution < -0.4 is 16.6 Å². The monoisotopic (exact) mass is 534 g/mol. The van der Waals surface area contributed by atoms with Crippen molar-refractivity contribution in [1.82, 2.24) is 15.0 Å². The Kier molecular flexibility index (Phi) is 10.8. The maximum atomic E-state index is 12.8. The van der Waals surface area contributed by atoms with Crippen LogP contribution in [-0.4, -0.2) is 33.3 Å². The molecule has 1 aromatic carbocycles. The number of anilines is 1. The summed E-state index contributed by atoms with van der Waals surface area (Å²) in [6, 6.07) is 7.84. The molecule has 0 radical (unpaired) electrons. The summed E-state index contributed by atoms with van der Waals surface area (Å²) in [6.45, 7) is 12.5. The van der Waals surface area contributed by atoms with Gasteiger partial charge in [0.2, 0.25) is 5.95 Å². The van der Waals surface area contributed by atoms with Gasteiger partial charge in [-0.3, -0.25) is 9.79 Å². The van der Waals surface area contributed by atoms with E-state index in [-0.39, 0.29) is 5.56 Å². The van der Waals surface area contributed by atoms with Crippen LogP contribution in [0.25, 0.3) is 27.9 Å². The van der Waals surface area contributed by atoms with Gasteiger partial charge < -0.3 is 16.0 Å². The Hall–Kier alpha value is -3.29. The van der Waals surface area contributed by atoms with Crippen LogP contribution in [0, 0.1) is 5.92 Å². The highest BCUT2D eigenvalue weighted by Gasteiger charge is 2.13. The molecule has 1 fully saturated rings. The number of allylic oxidation sites excluding steroid dienone is 2. The standard InChI is InChI=1S/C24H26ClN5O.C6H13N/c1-6-15(5)28-21(7-2)16-8-9-18(20(25)11-16)19-10-17-13-27-24(26-12-14(3)4)30-22(17)29-23(19)31;7-6-4-2-1-3-5-6/h6-11,13-14H,1,12H2,2-5H3,(H2,26,27,29,30,31);6H,1-5,7H2/b21-7-,28-15?;. The number of rotatable bonds is 7. The van der Waals surface area contributed by atoms with Gasteiger partial charge in [-0.2, -0.15) is 4.98 Å². The van der Waals surface area contributed by atoms with Gasteiger partial charge in [0.1, 0.15) is 5.65 Å². The number of aromatic amines is 1. The Bertz CT molecular complexity index is 1370. The molecule has 0 unspecified atom stereocenters. The highest BCUT2D eigenvalue weighted by molar-refractivity contribution is 6.33. The minimum Gasteiger partial charge on any atom is -0.354 e. The van der Waals surface area contributed by atoms with Crippen LogP contribution in [0.3, 0.4) is 0 Å². The van der Waals surface area contributed by atoms with Gasteiger partial charge in [0, 0.05) is 51.6 Å². The van der Waals surface area contributed by atoms with Crippen LogP contribution >= 0.6 is 11.6 Å². The zero-order valence-corrected chi connectivity index (χ0v) is 23.6. The number of H-pyrrole nitrogens is 1. The third-order valence-electron chi connectivity index (χ3n) is 6.33. The minimum absolute atomic E-state index is 0.262. The van der Waals surface area contributed by atoms with E-state index in [0.29, 0.717) is 39.7 Å². The van der Waals surface area contributed by atoms with Gasteiger partial charge in [0.15, 0.2) is 0 Å². The Labute approximate surface area is 230 Å². The number of aliphatic imine (C=N–C) groups is 1. The number of pyridine rings is 1. The summed E-state index contributed by atoms with van der Waals surface area (Å²) in [4.78, 5) is 28.9. The molecular weight excluding hydrogens is 496 g/mol. The first kappa shape index (κ1) is 29.3. The summed E-state index contributed by atoms with van der Waals surface area (Å²) in [7, 11) is 0. The van der Waals surface area contributed by atoms with Crippen molar-refractivity contribution in [2.45, 2.75) is 65.8 Å². The molecule has 3 aromatic rings. The third-order valence-corrected chi connectivity index (χ3v) is 6.65. The van der Waals surface area contributed by atoms with Crippen LogP contribution in [0.2, 0.25) is 5.02 Å². The van der Waals surface area contributed by atoms with E-state index in [2.05, 4.69) is 45.7 Å². The molecule has 1 aliphatic rings. The molecule has 0 atom stereocenters. The molecule has 8 heteroatoms. The van der Waals surface area contributed by atoms with Gasteiger partial charge >= 0.3 is 0 Å². The smallest absolute Gasteiger partial charge is 0.257 e. The normalized spacial score (nSPS) is 14.8. The molecule has 1 saturated carbocycles. The highest BCUT2D eigenvalue weighted by atomic mass is 35.5. The van der Waals surface area contributed by atoms with Crippen molar-refractivity contribution in [1.29, 1.82) is 0 Å². The van der Waals surface area contributed by atoms with Crippen molar-refractivity contribution in [3.8, 4) is 11.1 Å². The van der Waals surface area contributed by atoms with E-state index in [4.69, 9.17) is 17.3 Å². The molecule has 0 saturated heterocycles. The van der Waals surface area contributed by atoms with Gasteiger partial charge in [-0.1, -0.05) is 69.5 Å². The molecule has 4 rings (SSSR count).